The number of carbonyl (C=O) groups excluding carboxylic acids is 2. The van der Waals surface area contributed by atoms with Gasteiger partial charge in [-0.3, -0.25) is 14.4 Å². The largest absolute Gasteiger partial charge is 0.416 e. The van der Waals surface area contributed by atoms with Crippen LogP contribution in [0.5, 0.6) is 0 Å². The molecule has 0 spiro atoms. The van der Waals surface area contributed by atoms with Crippen LogP contribution in [0.15, 0.2) is 77.6 Å². The Morgan fingerprint density at radius 2 is 1.50 bits per heavy atom. The molecule has 0 aliphatic heterocycles. The van der Waals surface area contributed by atoms with Gasteiger partial charge < -0.3 is 10.6 Å². The first kappa shape index (κ1) is 24.6. The highest BCUT2D eigenvalue weighted by Crippen LogP contribution is 2.30. The fourth-order valence-corrected chi connectivity index (χ4v) is 3.67. The summed E-state index contributed by atoms with van der Waals surface area (Å²) in [5.41, 5.74) is -0.743. The summed E-state index contributed by atoms with van der Waals surface area (Å²) in [5, 5.41) is 10.1. The Morgan fingerprint density at radius 1 is 0.861 bits per heavy atom. The van der Waals surface area contributed by atoms with Crippen molar-refractivity contribution in [2.75, 3.05) is 10.6 Å². The molecule has 0 bridgehead atoms. The molecule has 10 heteroatoms. The molecule has 0 aliphatic rings. The molecule has 0 saturated carbocycles. The molecule has 7 nitrogen and oxygen atoms in total. The van der Waals surface area contributed by atoms with Gasteiger partial charge in [-0.1, -0.05) is 37.3 Å². The average molecular weight is 494 g/mol. The van der Waals surface area contributed by atoms with Crippen LogP contribution in [0.25, 0.3) is 10.8 Å². The zero-order valence-corrected chi connectivity index (χ0v) is 19.1. The molecule has 36 heavy (non-hydrogen) atoms. The SMILES string of the molecule is CCCn1nc(C(=O)Nc2cccc(C(=O)Nc3cccc(C(F)(F)F)c3)c2)c2ccccc2c1=O. The molecule has 0 saturated heterocycles. The van der Waals surface area contributed by atoms with E-state index in [1.165, 1.54) is 35.0 Å². The van der Waals surface area contributed by atoms with E-state index in [9.17, 15) is 27.6 Å². The molecule has 2 N–H and O–H groups in total. The fourth-order valence-electron chi connectivity index (χ4n) is 3.67. The zero-order chi connectivity index (χ0) is 25.9. The van der Waals surface area contributed by atoms with Crippen LogP contribution < -0.4 is 16.2 Å². The van der Waals surface area contributed by atoms with Crippen LogP contribution in [0.2, 0.25) is 0 Å². The smallest absolute Gasteiger partial charge is 0.322 e. The molecule has 1 heterocycles. The second-order valence-corrected chi connectivity index (χ2v) is 7.99. The topological polar surface area (TPSA) is 93.1 Å². The molecule has 0 fully saturated rings. The van der Waals surface area contributed by atoms with Gasteiger partial charge in [0.15, 0.2) is 5.69 Å². The lowest BCUT2D eigenvalue weighted by atomic mass is 10.1. The standard InChI is InChI=1S/C26H21F3N4O3/c1-2-13-33-25(36)21-12-4-3-11-20(21)22(32-33)24(35)31-18-9-5-7-16(14-18)23(34)30-19-10-6-8-17(15-19)26(27,28)29/h3-12,14-15H,2,13H2,1H3,(H,30,34)(H,31,35). The highest BCUT2D eigenvalue weighted by Gasteiger charge is 2.30. The van der Waals surface area contributed by atoms with Crippen LogP contribution in [0.3, 0.4) is 0 Å². The lowest BCUT2D eigenvalue weighted by Crippen LogP contribution is -2.27. The van der Waals surface area contributed by atoms with E-state index >= 15 is 0 Å². The van der Waals surface area contributed by atoms with Gasteiger partial charge in [-0.05, 0) is 48.9 Å². The monoisotopic (exact) mass is 494 g/mol. The molecule has 4 rings (SSSR count). The minimum Gasteiger partial charge on any atom is -0.322 e. The van der Waals surface area contributed by atoms with E-state index in [1.54, 1.807) is 30.3 Å². The maximum Gasteiger partial charge on any atom is 0.416 e. The quantitative estimate of drug-likeness (QED) is 0.379. The highest BCUT2D eigenvalue weighted by atomic mass is 19.4. The Morgan fingerprint density at radius 3 is 2.19 bits per heavy atom. The third kappa shape index (κ3) is 5.27. The molecule has 0 radical (unpaired) electrons. The second kappa shape index (κ2) is 10.0. The van der Waals surface area contributed by atoms with E-state index in [2.05, 4.69) is 15.7 Å². The van der Waals surface area contributed by atoms with E-state index < -0.39 is 23.6 Å². The Bertz CT molecular complexity index is 1510. The second-order valence-electron chi connectivity index (χ2n) is 7.99. The average Bonchev–Trinajstić information content (AvgIpc) is 2.85. The number of aryl methyl sites for hydroxylation is 1. The Kier molecular flexibility index (Phi) is 6.86. The lowest BCUT2D eigenvalue weighted by molar-refractivity contribution is -0.137. The van der Waals surface area contributed by atoms with Gasteiger partial charge in [-0.2, -0.15) is 18.3 Å². The van der Waals surface area contributed by atoms with E-state index in [4.69, 9.17) is 0 Å². The number of anilines is 2. The summed E-state index contributed by atoms with van der Waals surface area (Å²) >= 11 is 0. The summed E-state index contributed by atoms with van der Waals surface area (Å²) in [6, 6.07) is 16.9. The van der Waals surface area contributed by atoms with Gasteiger partial charge in [0.1, 0.15) is 0 Å². The number of nitrogens with one attached hydrogen (secondary N) is 2. The molecule has 2 amide bonds. The molecule has 0 unspecified atom stereocenters. The number of rotatable bonds is 6. The maximum absolute atomic E-state index is 13.1. The number of aromatic nitrogens is 2. The maximum atomic E-state index is 13.1. The molecule has 3 aromatic carbocycles. The molecule has 1 aromatic heterocycles. The van der Waals surface area contributed by atoms with Crippen LogP contribution >= 0.6 is 0 Å². The third-order valence-electron chi connectivity index (χ3n) is 5.35. The van der Waals surface area contributed by atoms with Crippen molar-refractivity contribution in [3.63, 3.8) is 0 Å². The van der Waals surface area contributed by atoms with Crippen molar-refractivity contribution >= 4 is 34.0 Å². The minimum atomic E-state index is -4.54. The minimum absolute atomic E-state index is 0.0156. The van der Waals surface area contributed by atoms with Gasteiger partial charge in [0.25, 0.3) is 17.4 Å². The predicted molar refractivity (Wildman–Crippen MR) is 130 cm³/mol. The number of halogens is 3. The zero-order valence-electron chi connectivity index (χ0n) is 19.1. The van der Waals surface area contributed by atoms with Crippen molar-refractivity contribution < 1.29 is 22.8 Å². The summed E-state index contributed by atoms with van der Waals surface area (Å²) in [6.07, 6.45) is -3.89. The van der Waals surface area contributed by atoms with E-state index in [1.807, 2.05) is 6.92 Å². The first-order valence-electron chi connectivity index (χ1n) is 11.1. The van der Waals surface area contributed by atoms with Crippen molar-refractivity contribution in [3.8, 4) is 0 Å². The first-order valence-corrected chi connectivity index (χ1v) is 11.1. The number of benzene rings is 3. The van der Waals surface area contributed by atoms with Crippen LogP contribution in [0.4, 0.5) is 24.5 Å². The summed E-state index contributed by atoms with van der Waals surface area (Å²) in [6.45, 7) is 2.23. The van der Waals surface area contributed by atoms with Crippen molar-refractivity contribution in [2.24, 2.45) is 0 Å². The Labute approximate surface area is 203 Å². The van der Waals surface area contributed by atoms with Crippen LogP contribution in [0, 0.1) is 0 Å². The van der Waals surface area contributed by atoms with Crippen molar-refractivity contribution in [3.05, 3.63) is 100.0 Å². The van der Waals surface area contributed by atoms with E-state index in [0.717, 1.165) is 12.1 Å². The number of alkyl halides is 3. The van der Waals surface area contributed by atoms with Crippen LogP contribution in [0.1, 0.15) is 39.8 Å². The van der Waals surface area contributed by atoms with Gasteiger partial charge in [0, 0.05) is 28.9 Å². The van der Waals surface area contributed by atoms with Crippen LogP contribution in [-0.4, -0.2) is 21.6 Å². The van der Waals surface area contributed by atoms with Gasteiger partial charge in [0.2, 0.25) is 0 Å². The number of amides is 2. The first-order chi connectivity index (χ1) is 17.2. The number of carbonyl (C=O) groups is 2. The van der Waals surface area contributed by atoms with Gasteiger partial charge in [0.05, 0.1) is 10.9 Å². The highest BCUT2D eigenvalue weighted by molar-refractivity contribution is 6.11. The van der Waals surface area contributed by atoms with Crippen molar-refractivity contribution in [1.29, 1.82) is 0 Å². The Hall–Kier alpha value is -4.47. The summed E-state index contributed by atoms with van der Waals surface area (Å²) in [4.78, 5) is 38.4. The van der Waals surface area contributed by atoms with Crippen LogP contribution in [-0.2, 0) is 12.7 Å². The van der Waals surface area contributed by atoms with Gasteiger partial charge in [-0.25, -0.2) is 4.68 Å². The van der Waals surface area contributed by atoms with E-state index in [0.29, 0.717) is 23.7 Å². The molecule has 0 aliphatic carbocycles. The number of hydrogen-bond donors (Lipinski definition) is 2. The summed E-state index contributed by atoms with van der Waals surface area (Å²) in [7, 11) is 0. The lowest BCUT2D eigenvalue weighted by Gasteiger charge is -2.12. The third-order valence-corrected chi connectivity index (χ3v) is 5.35. The van der Waals surface area contributed by atoms with Gasteiger partial charge >= 0.3 is 6.18 Å². The molecular weight excluding hydrogens is 473 g/mol. The normalized spacial score (nSPS) is 11.3. The molecule has 4 aromatic rings. The summed E-state index contributed by atoms with van der Waals surface area (Å²) < 4.78 is 40.1. The number of nitrogens with zero attached hydrogens (tertiary/aromatic N) is 2. The van der Waals surface area contributed by atoms with Gasteiger partial charge in [-0.15, -0.1) is 0 Å². The predicted octanol–water partition coefficient (Wildman–Crippen LogP) is 5.33. The molecular formula is C26H21F3N4O3. The molecule has 184 valence electrons. The Balaban J connectivity index is 1.58. The van der Waals surface area contributed by atoms with Crippen molar-refractivity contribution in [1.82, 2.24) is 9.78 Å². The van der Waals surface area contributed by atoms with E-state index in [-0.39, 0.29) is 28.2 Å². The number of fused-ring (bicyclic) bond motifs is 1. The number of hydrogen-bond acceptors (Lipinski definition) is 4. The van der Waals surface area contributed by atoms with Crippen molar-refractivity contribution in [2.45, 2.75) is 26.1 Å². The fraction of sp³-hybridized carbons (Fsp3) is 0.154. The summed E-state index contributed by atoms with van der Waals surface area (Å²) in [5.74, 6) is -1.23. The molecule has 0 atom stereocenters.